The number of hydrogen-bond acceptors (Lipinski definition) is 8. The van der Waals surface area contributed by atoms with Crippen molar-refractivity contribution < 1.29 is 4.79 Å². The molecule has 0 saturated heterocycles. The summed E-state index contributed by atoms with van der Waals surface area (Å²) >= 11 is 0. The van der Waals surface area contributed by atoms with Gasteiger partial charge in [0.2, 0.25) is 5.95 Å². The number of nitrogens with one attached hydrogen (secondary N) is 3. The second-order valence-electron chi connectivity index (χ2n) is 7.58. The molecule has 3 heterocycles. The van der Waals surface area contributed by atoms with Gasteiger partial charge < -0.3 is 21.7 Å². The molecule has 1 fully saturated rings. The van der Waals surface area contributed by atoms with Gasteiger partial charge in [-0.1, -0.05) is 0 Å². The summed E-state index contributed by atoms with van der Waals surface area (Å²) in [5, 5.41) is 11.0. The second kappa shape index (κ2) is 8.89. The van der Waals surface area contributed by atoms with Crippen molar-refractivity contribution in [2.45, 2.75) is 31.7 Å². The smallest absolute Gasteiger partial charge is 0.251 e. The fourth-order valence-corrected chi connectivity index (χ4v) is 3.81. The molecule has 1 amide bonds. The van der Waals surface area contributed by atoms with Gasteiger partial charge in [-0.15, -0.1) is 0 Å². The first-order valence-electron chi connectivity index (χ1n) is 10.2. The standard InChI is InChI=1S/C21H26N8O/c1-23-20-18-14(8-9-24-20)4-7-17(29-18)28-16-5-2-13(3-6-16)10-25-21-26-11-15(12-27-21)19(22)30/h4,7-9,11-13,16H,2-3,5-6,10H2,1H3,(H2,22,30)(H,23,24)(H,28,29)(H,25,26,27)/t13-,16-. The van der Waals surface area contributed by atoms with Crippen molar-refractivity contribution in [3.05, 3.63) is 42.4 Å². The number of hydrogen-bond donors (Lipinski definition) is 4. The Kier molecular flexibility index (Phi) is 5.87. The molecule has 9 nitrogen and oxygen atoms in total. The minimum absolute atomic E-state index is 0.312. The molecule has 0 unspecified atom stereocenters. The number of amides is 1. The zero-order valence-electron chi connectivity index (χ0n) is 16.9. The number of carbonyl (C=O) groups excluding carboxylic acids is 1. The minimum Gasteiger partial charge on any atom is -0.371 e. The summed E-state index contributed by atoms with van der Waals surface area (Å²) in [6, 6.07) is 6.48. The van der Waals surface area contributed by atoms with Crippen molar-refractivity contribution >= 4 is 34.4 Å². The Balaban J connectivity index is 1.28. The zero-order valence-corrected chi connectivity index (χ0v) is 16.9. The van der Waals surface area contributed by atoms with Crippen molar-refractivity contribution in [3.63, 3.8) is 0 Å². The molecule has 0 bridgehead atoms. The molecule has 5 N–H and O–H groups in total. The van der Waals surface area contributed by atoms with Gasteiger partial charge in [0, 0.05) is 43.6 Å². The molecule has 0 spiro atoms. The molecule has 0 radical (unpaired) electrons. The Labute approximate surface area is 174 Å². The van der Waals surface area contributed by atoms with Crippen LogP contribution in [-0.2, 0) is 0 Å². The van der Waals surface area contributed by atoms with Gasteiger partial charge in [0.05, 0.1) is 5.56 Å². The maximum Gasteiger partial charge on any atom is 0.251 e. The minimum atomic E-state index is -0.522. The average Bonchev–Trinajstić information content (AvgIpc) is 2.78. The quantitative estimate of drug-likeness (QED) is 0.471. The molecule has 1 saturated carbocycles. The number of pyridine rings is 2. The zero-order chi connectivity index (χ0) is 20.9. The van der Waals surface area contributed by atoms with Gasteiger partial charge in [-0.05, 0) is 49.8 Å². The third-order valence-electron chi connectivity index (χ3n) is 5.53. The number of rotatable bonds is 7. The summed E-state index contributed by atoms with van der Waals surface area (Å²) in [4.78, 5) is 28.5. The third kappa shape index (κ3) is 4.56. The number of primary amides is 1. The molecule has 1 aliphatic rings. The Morgan fingerprint density at radius 3 is 2.57 bits per heavy atom. The normalized spacial score (nSPS) is 18.7. The van der Waals surface area contributed by atoms with Gasteiger partial charge in [0.1, 0.15) is 11.3 Å². The lowest BCUT2D eigenvalue weighted by Crippen LogP contribution is -2.29. The molecule has 1 aliphatic carbocycles. The molecule has 30 heavy (non-hydrogen) atoms. The highest BCUT2D eigenvalue weighted by molar-refractivity contribution is 5.92. The highest BCUT2D eigenvalue weighted by Crippen LogP contribution is 2.27. The number of anilines is 3. The number of nitrogens with zero attached hydrogens (tertiary/aromatic N) is 4. The maximum absolute atomic E-state index is 11.1. The largest absolute Gasteiger partial charge is 0.371 e. The molecular weight excluding hydrogens is 380 g/mol. The number of nitrogens with two attached hydrogens (primary N) is 1. The Hall–Kier alpha value is -3.49. The summed E-state index contributed by atoms with van der Waals surface area (Å²) in [6.45, 7) is 0.814. The van der Waals surface area contributed by atoms with Crippen molar-refractivity contribution in [2.75, 3.05) is 29.5 Å². The maximum atomic E-state index is 11.1. The van der Waals surface area contributed by atoms with Crippen LogP contribution in [0.15, 0.2) is 36.8 Å². The topological polar surface area (TPSA) is 131 Å². The highest BCUT2D eigenvalue weighted by Gasteiger charge is 2.21. The lowest BCUT2D eigenvalue weighted by atomic mass is 9.86. The molecule has 0 atom stereocenters. The van der Waals surface area contributed by atoms with E-state index in [0.29, 0.717) is 23.5 Å². The average molecular weight is 406 g/mol. The number of carbonyl (C=O) groups is 1. The van der Waals surface area contributed by atoms with E-state index in [-0.39, 0.29) is 0 Å². The molecule has 0 aliphatic heterocycles. The first-order valence-corrected chi connectivity index (χ1v) is 10.2. The van der Waals surface area contributed by atoms with Crippen LogP contribution in [0, 0.1) is 5.92 Å². The SMILES string of the molecule is CNc1nccc2ccc(N[C@H]3CC[C@H](CNc4ncc(C(N)=O)cn4)CC3)nc12. The van der Waals surface area contributed by atoms with E-state index in [1.807, 2.05) is 19.2 Å². The second-order valence-corrected chi connectivity index (χ2v) is 7.58. The molecule has 0 aromatic carbocycles. The first-order chi connectivity index (χ1) is 14.6. The lowest BCUT2D eigenvalue weighted by Gasteiger charge is -2.29. The van der Waals surface area contributed by atoms with Crippen molar-refractivity contribution in [2.24, 2.45) is 11.7 Å². The fraction of sp³-hybridized carbons (Fsp3) is 0.381. The van der Waals surface area contributed by atoms with Crippen molar-refractivity contribution in [1.82, 2.24) is 19.9 Å². The van der Waals surface area contributed by atoms with E-state index in [9.17, 15) is 4.79 Å². The lowest BCUT2D eigenvalue weighted by molar-refractivity contribution is 0.0999. The van der Waals surface area contributed by atoms with E-state index >= 15 is 0 Å². The van der Waals surface area contributed by atoms with E-state index < -0.39 is 5.91 Å². The van der Waals surface area contributed by atoms with E-state index in [2.05, 4.69) is 37.0 Å². The molecule has 3 aromatic rings. The summed E-state index contributed by atoms with van der Waals surface area (Å²) in [5.41, 5.74) is 6.40. The van der Waals surface area contributed by atoms with Crippen LogP contribution < -0.4 is 21.7 Å². The van der Waals surface area contributed by atoms with Crippen LogP contribution in [0.4, 0.5) is 17.6 Å². The van der Waals surface area contributed by atoms with Gasteiger partial charge in [-0.3, -0.25) is 4.79 Å². The van der Waals surface area contributed by atoms with Crippen LogP contribution in [0.3, 0.4) is 0 Å². The van der Waals surface area contributed by atoms with Crippen LogP contribution in [-0.4, -0.2) is 45.5 Å². The Bertz CT molecular complexity index is 1020. The molecule has 3 aromatic heterocycles. The van der Waals surface area contributed by atoms with E-state index in [0.717, 1.165) is 54.8 Å². The highest BCUT2D eigenvalue weighted by atomic mass is 16.1. The first kappa shape index (κ1) is 19.8. The summed E-state index contributed by atoms with van der Waals surface area (Å²) in [6.07, 6.45) is 9.07. The summed E-state index contributed by atoms with van der Waals surface area (Å²) in [5.74, 6) is 2.24. The molecular formula is C21H26N8O. The van der Waals surface area contributed by atoms with Crippen LogP contribution in [0.25, 0.3) is 10.9 Å². The summed E-state index contributed by atoms with van der Waals surface area (Å²) in [7, 11) is 1.86. The van der Waals surface area contributed by atoms with Crippen LogP contribution in [0.2, 0.25) is 0 Å². The predicted molar refractivity (Wildman–Crippen MR) is 117 cm³/mol. The van der Waals surface area contributed by atoms with Crippen molar-refractivity contribution in [3.8, 4) is 0 Å². The monoisotopic (exact) mass is 406 g/mol. The molecule has 156 valence electrons. The van der Waals surface area contributed by atoms with E-state index in [1.54, 1.807) is 6.20 Å². The number of fused-ring (bicyclic) bond motifs is 1. The van der Waals surface area contributed by atoms with Crippen LogP contribution >= 0.6 is 0 Å². The van der Waals surface area contributed by atoms with E-state index in [4.69, 9.17) is 10.7 Å². The van der Waals surface area contributed by atoms with Crippen molar-refractivity contribution in [1.29, 1.82) is 0 Å². The third-order valence-corrected chi connectivity index (χ3v) is 5.53. The predicted octanol–water partition coefficient (Wildman–Crippen LogP) is 2.64. The fourth-order valence-electron chi connectivity index (χ4n) is 3.81. The van der Waals surface area contributed by atoms with Gasteiger partial charge in [0.15, 0.2) is 5.82 Å². The molecule has 9 heteroatoms. The Morgan fingerprint density at radius 1 is 1.10 bits per heavy atom. The van der Waals surface area contributed by atoms with Gasteiger partial charge in [0.25, 0.3) is 5.91 Å². The van der Waals surface area contributed by atoms with Crippen LogP contribution in [0.5, 0.6) is 0 Å². The van der Waals surface area contributed by atoms with Gasteiger partial charge in [-0.2, -0.15) is 0 Å². The van der Waals surface area contributed by atoms with Crippen LogP contribution in [0.1, 0.15) is 36.0 Å². The summed E-state index contributed by atoms with van der Waals surface area (Å²) < 4.78 is 0. The Morgan fingerprint density at radius 2 is 1.87 bits per heavy atom. The molecule has 4 rings (SSSR count). The number of aromatic nitrogens is 4. The van der Waals surface area contributed by atoms with E-state index in [1.165, 1.54) is 12.4 Å². The van der Waals surface area contributed by atoms with Gasteiger partial charge in [-0.25, -0.2) is 19.9 Å². The van der Waals surface area contributed by atoms with Gasteiger partial charge >= 0.3 is 0 Å².